The molecule has 13 heteroatoms. The fourth-order valence-corrected chi connectivity index (χ4v) is 4.03. The molecule has 2 amide bonds. The van der Waals surface area contributed by atoms with Crippen molar-refractivity contribution < 1.29 is 40.7 Å². The summed E-state index contributed by atoms with van der Waals surface area (Å²) in [5.74, 6) is -1.07. The van der Waals surface area contributed by atoms with Gasteiger partial charge in [0.15, 0.2) is 11.7 Å². The number of ether oxygens (including phenoxy) is 1. The average molecular weight is 501 g/mol. The van der Waals surface area contributed by atoms with Gasteiger partial charge in [-0.05, 0) is 43.3 Å². The molecule has 0 unspecified atom stereocenters. The zero-order valence-corrected chi connectivity index (χ0v) is 17.8. The molecular formula is C21H13F6N3O3S. The number of fused-ring (bicyclic) bond motifs is 1. The predicted octanol–water partition coefficient (Wildman–Crippen LogP) is 5.74. The standard InChI is InChI=1S/C21H13F6N3O3S/c1-9-17(10-2-3-15-14(6-10)28-16(31)8-33-15)29-19(34-9)30-18(32)11-4-12(20(22,23)24)7-13(5-11)21(25,26)27/h2-7H,8H2,1H3,(H,28,31)(H,29,30,32). The van der Waals surface area contributed by atoms with Crippen LogP contribution in [0.25, 0.3) is 11.3 Å². The van der Waals surface area contributed by atoms with E-state index < -0.39 is 35.0 Å². The number of halogens is 6. The van der Waals surface area contributed by atoms with Crippen LogP contribution in [0.5, 0.6) is 5.75 Å². The molecular weight excluding hydrogens is 488 g/mol. The van der Waals surface area contributed by atoms with Crippen LogP contribution in [0.3, 0.4) is 0 Å². The van der Waals surface area contributed by atoms with Gasteiger partial charge >= 0.3 is 12.4 Å². The van der Waals surface area contributed by atoms with Crippen molar-refractivity contribution >= 4 is 34.0 Å². The Hall–Kier alpha value is -3.61. The van der Waals surface area contributed by atoms with Gasteiger partial charge in [-0.2, -0.15) is 26.3 Å². The van der Waals surface area contributed by atoms with Crippen molar-refractivity contribution in [2.75, 3.05) is 17.2 Å². The zero-order chi connectivity index (χ0) is 24.8. The molecule has 1 aliphatic rings. The van der Waals surface area contributed by atoms with Crippen LogP contribution in [0.2, 0.25) is 0 Å². The van der Waals surface area contributed by atoms with Gasteiger partial charge in [-0.1, -0.05) is 0 Å². The third-order valence-electron chi connectivity index (χ3n) is 4.75. The van der Waals surface area contributed by atoms with Crippen molar-refractivity contribution in [1.29, 1.82) is 0 Å². The Labute approximate surface area is 191 Å². The first-order valence-electron chi connectivity index (χ1n) is 9.46. The van der Waals surface area contributed by atoms with E-state index in [1.807, 2.05) is 0 Å². The molecule has 0 bridgehead atoms. The number of aromatic nitrogens is 1. The Kier molecular flexibility index (Phi) is 5.75. The second kappa shape index (κ2) is 8.31. The molecule has 4 rings (SSSR count). The van der Waals surface area contributed by atoms with Crippen LogP contribution < -0.4 is 15.4 Å². The van der Waals surface area contributed by atoms with Crippen LogP contribution >= 0.6 is 11.3 Å². The highest BCUT2D eigenvalue weighted by molar-refractivity contribution is 7.16. The normalized spacial score (nSPS) is 13.7. The molecule has 2 N–H and O–H groups in total. The highest BCUT2D eigenvalue weighted by atomic mass is 32.1. The number of alkyl halides is 6. The van der Waals surface area contributed by atoms with Crippen molar-refractivity contribution in [1.82, 2.24) is 4.98 Å². The lowest BCUT2D eigenvalue weighted by Gasteiger charge is -2.18. The molecule has 0 saturated carbocycles. The third-order valence-corrected chi connectivity index (χ3v) is 5.64. The van der Waals surface area contributed by atoms with E-state index in [-0.39, 0.29) is 23.7 Å². The number of aryl methyl sites for hydroxylation is 1. The van der Waals surface area contributed by atoms with Crippen LogP contribution in [0.1, 0.15) is 26.4 Å². The molecule has 0 spiro atoms. The minimum atomic E-state index is -5.08. The van der Waals surface area contributed by atoms with Crippen LogP contribution in [0, 0.1) is 6.92 Å². The monoisotopic (exact) mass is 501 g/mol. The molecule has 2 aromatic carbocycles. The van der Waals surface area contributed by atoms with Gasteiger partial charge in [0.25, 0.3) is 11.8 Å². The number of hydrogen-bond acceptors (Lipinski definition) is 5. The molecule has 0 fully saturated rings. The molecule has 178 valence electrons. The van der Waals surface area contributed by atoms with Gasteiger partial charge in [0, 0.05) is 16.0 Å². The lowest BCUT2D eigenvalue weighted by atomic mass is 10.0. The van der Waals surface area contributed by atoms with Crippen LogP contribution in [0.15, 0.2) is 36.4 Å². The minimum Gasteiger partial charge on any atom is -0.482 e. The number of benzene rings is 2. The Bertz CT molecular complexity index is 1270. The number of anilines is 2. The first kappa shape index (κ1) is 23.5. The Morgan fingerprint density at radius 2 is 1.71 bits per heavy atom. The van der Waals surface area contributed by atoms with Gasteiger partial charge in [0.05, 0.1) is 22.5 Å². The number of hydrogen-bond donors (Lipinski definition) is 2. The van der Waals surface area contributed by atoms with Crippen LogP contribution in [-0.4, -0.2) is 23.4 Å². The van der Waals surface area contributed by atoms with E-state index >= 15 is 0 Å². The van der Waals surface area contributed by atoms with Gasteiger partial charge in [0.1, 0.15) is 5.75 Å². The molecule has 6 nitrogen and oxygen atoms in total. The van der Waals surface area contributed by atoms with Crippen LogP contribution in [0.4, 0.5) is 37.2 Å². The highest BCUT2D eigenvalue weighted by Crippen LogP contribution is 2.38. The molecule has 3 aromatic rings. The van der Waals surface area contributed by atoms with Crippen molar-refractivity contribution in [2.45, 2.75) is 19.3 Å². The molecule has 1 aliphatic heterocycles. The Morgan fingerprint density at radius 3 is 2.32 bits per heavy atom. The molecule has 2 heterocycles. The van der Waals surface area contributed by atoms with E-state index in [2.05, 4.69) is 15.6 Å². The second-order valence-electron chi connectivity index (χ2n) is 7.22. The van der Waals surface area contributed by atoms with E-state index in [1.54, 1.807) is 25.1 Å². The maximum absolute atomic E-state index is 13.1. The lowest BCUT2D eigenvalue weighted by Crippen LogP contribution is -2.25. The van der Waals surface area contributed by atoms with Gasteiger partial charge in [0.2, 0.25) is 0 Å². The quantitative estimate of drug-likeness (QED) is 0.449. The topological polar surface area (TPSA) is 80.3 Å². The third kappa shape index (κ3) is 4.83. The van der Waals surface area contributed by atoms with Crippen LogP contribution in [-0.2, 0) is 17.1 Å². The summed E-state index contributed by atoms with van der Waals surface area (Å²) >= 11 is 0.984. The second-order valence-corrected chi connectivity index (χ2v) is 8.42. The van der Waals surface area contributed by atoms with Crippen molar-refractivity contribution in [3.8, 4) is 17.0 Å². The number of thiazole rings is 1. The van der Waals surface area contributed by atoms with Crippen molar-refractivity contribution in [3.05, 3.63) is 58.0 Å². The summed E-state index contributed by atoms with van der Waals surface area (Å²) in [5.41, 5.74) is -2.63. The number of nitrogens with zero attached hydrogens (tertiary/aromatic N) is 1. The number of carbonyl (C=O) groups excluding carboxylic acids is 2. The predicted molar refractivity (Wildman–Crippen MR) is 111 cm³/mol. The fourth-order valence-electron chi connectivity index (χ4n) is 3.20. The van der Waals surface area contributed by atoms with Crippen molar-refractivity contribution in [2.24, 2.45) is 0 Å². The number of amides is 2. The maximum atomic E-state index is 13.1. The van der Waals surface area contributed by atoms with Gasteiger partial charge in [-0.15, -0.1) is 11.3 Å². The summed E-state index contributed by atoms with van der Waals surface area (Å²) in [5, 5.41) is 4.87. The first-order valence-corrected chi connectivity index (χ1v) is 10.3. The maximum Gasteiger partial charge on any atom is 0.416 e. The molecule has 0 aliphatic carbocycles. The smallest absolute Gasteiger partial charge is 0.416 e. The van der Waals surface area contributed by atoms with Gasteiger partial charge in [-0.25, -0.2) is 4.98 Å². The van der Waals surface area contributed by atoms with E-state index in [0.29, 0.717) is 39.7 Å². The van der Waals surface area contributed by atoms with Crippen molar-refractivity contribution in [3.63, 3.8) is 0 Å². The van der Waals surface area contributed by atoms with Gasteiger partial charge in [-0.3, -0.25) is 14.9 Å². The summed E-state index contributed by atoms with van der Waals surface area (Å²) in [4.78, 5) is 28.9. The molecule has 0 atom stereocenters. The molecule has 0 saturated heterocycles. The van der Waals surface area contributed by atoms with E-state index in [0.717, 1.165) is 11.3 Å². The summed E-state index contributed by atoms with van der Waals surface area (Å²) in [6.07, 6.45) is -10.2. The number of carbonyl (C=O) groups is 2. The Balaban J connectivity index is 1.63. The number of nitrogens with one attached hydrogen (secondary N) is 2. The molecule has 34 heavy (non-hydrogen) atoms. The van der Waals surface area contributed by atoms with E-state index in [9.17, 15) is 35.9 Å². The fraction of sp³-hybridized carbons (Fsp3) is 0.190. The summed E-state index contributed by atoms with van der Waals surface area (Å²) < 4.78 is 83.7. The summed E-state index contributed by atoms with van der Waals surface area (Å²) in [6, 6.07) is 5.51. The SMILES string of the molecule is Cc1sc(NC(=O)c2cc(C(F)(F)F)cc(C(F)(F)F)c2)nc1-c1ccc2c(c1)NC(=O)CO2. The number of rotatable bonds is 3. The lowest BCUT2D eigenvalue weighted by molar-refractivity contribution is -0.143. The average Bonchev–Trinajstić information content (AvgIpc) is 3.11. The zero-order valence-electron chi connectivity index (χ0n) is 17.0. The molecule has 0 radical (unpaired) electrons. The first-order chi connectivity index (χ1) is 15.8. The summed E-state index contributed by atoms with van der Waals surface area (Å²) in [7, 11) is 0. The largest absolute Gasteiger partial charge is 0.482 e. The van der Waals surface area contributed by atoms with E-state index in [4.69, 9.17) is 4.74 Å². The summed E-state index contributed by atoms with van der Waals surface area (Å²) in [6.45, 7) is 1.55. The van der Waals surface area contributed by atoms with Gasteiger partial charge < -0.3 is 10.1 Å². The molecule has 1 aromatic heterocycles. The minimum absolute atomic E-state index is 0.0264. The Morgan fingerprint density at radius 1 is 1.06 bits per heavy atom. The van der Waals surface area contributed by atoms with E-state index in [1.165, 1.54) is 0 Å². The highest BCUT2D eigenvalue weighted by Gasteiger charge is 2.37.